The minimum atomic E-state index is -1.08. The van der Waals surface area contributed by atoms with Crippen molar-refractivity contribution in [2.45, 2.75) is 20.4 Å². The summed E-state index contributed by atoms with van der Waals surface area (Å²) in [5.41, 5.74) is 1.12. The number of benzene rings is 1. The molecule has 0 aliphatic heterocycles. The van der Waals surface area contributed by atoms with Gasteiger partial charge in [0, 0.05) is 29.6 Å². The molecule has 0 unspecified atom stereocenters. The first-order chi connectivity index (χ1) is 8.81. The topological polar surface area (TPSA) is 95.5 Å². The third-order valence-corrected chi connectivity index (χ3v) is 3.50. The number of aromatic carboxylic acids is 1. The lowest BCUT2D eigenvalue weighted by Gasteiger charge is -2.12. The third-order valence-electron chi connectivity index (χ3n) is 2.23. The van der Waals surface area contributed by atoms with E-state index in [1.807, 2.05) is 22.6 Å². The Morgan fingerprint density at radius 3 is 2.32 bits per heavy atom. The predicted molar refractivity (Wildman–Crippen MR) is 77.9 cm³/mol. The molecule has 7 heteroatoms. The van der Waals surface area contributed by atoms with Crippen molar-refractivity contribution in [2.75, 3.05) is 5.32 Å². The molecule has 0 bridgehead atoms. The van der Waals surface area contributed by atoms with Crippen LogP contribution in [0.3, 0.4) is 0 Å². The first-order valence-electron chi connectivity index (χ1n) is 5.39. The smallest absolute Gasteiger partial charge is 0.336 e. The molecular formula is C12H13IN2O4. The average Bonchev–Trinajstić information content (AvgIpc) is 2.28. The Hall–Kier alpha value is -1.64. The highest BCUT2D eigenvalue weighted by molar-refractivity contribution is 14.1. The molecule has 1 rings (SSSR count). The van der Waals surface area contributed by atoms with Crippen LogP contribution in [0.5, 0.6) is 0 Å². The summed E-state index contributed by atoms with van der Waals surface area (Å²) in [6, 6.07) is 3.04. The van der Waals surface area contributed by atoms with Gasteiger partial charge in [-0.1, -0.05) is 0 Å². The monoisotopic (exact) mass is 376 g/mol. The van der Waals surface area contributed by atoms with Crippen LogP contribution < -0.4 is 10.6 Å². The standard InChI is InChI=1S/C12H13IN2O4/c1-6(16)14-5-8-3-9(15-7(2)17)4-10(11(8)13)12(18)19/h3-4H,5H2,1-2H3,(H,14,16)(H,15,17)(H,18,19). The molecule has 0 saturated carbocycles. The Balaban J connectivity index is 3.19. The molecular weight excluding hydrogens is 363 g/mol. The zero-order valence-electron chi connectivity index (χ0n) is 10.4. The van der Waals surface area contributed by atoms with Gasteiger partial charge >= 0.3 is 5.97 Å². The molecule has 0 fully saturated rings. The van der Waals surface area contributed by atoms with E-state index in [0.29, 0.717) is 14.8 Å². The highest BCUT2D eigenvalue weighted by Gasteiger charge is 2.14. The number of halogens is 1. The minimum Gasteiger partial charge on any atom is -0.478 e. The van der Waals surface area contributed by atoms with Gasteiger partial charge in [-0.05, 0) is 40.3 Å². The maximum absolute atomic E-state index is 11.1. The number of carbonyl (C=O) groups excluding carboxylic acids is 2. The first kappa shape index (κ1) is 15.4. The molecule has 0 saturated heterocycles. The number of anilines is 1. The van der Waals surface area contributed by atoms with Crippen LogP contribution in [0, 0.1) is 3.57 Å². The van der Waals surface area contributed by atoms with Crippen LogP contribution in [0.2, 0.25) is 0 Å². The lowest BCUT2D eigenvalue weighted by molar-refractivity contribution is -0.119. The van der Waals surface area contributed by atoms with Crippen molar-refractivity contribution in [1.29, 1.82) is 0 Å². The van der Waals surface area contributed by atoms with Gasteiger partial charge in [0.15, 0.2) is 0 Å². The molecule has 0 aliphatic carbocycles. The Labute approximate surface area is 123 Å². The molecule has 0 heterocycles. The fraction of sp³-hybridized carbons (Fsp3) is 0.250. The van der Waals surface area contributed by atoms with E-state index in [1.165, 1.54) is 19.9 Å². The lowest BCUT2D eigenvalue weighted by atomic mass is 10.1. The molecule has 1 aromatic rings. The Morgan fingerprint density at radius 2 is 1.84 bits per heavy atom. The normalized spacial score (nSPS) is 9.84. The number of rotatable bonds is 4. The first-order valence-corrected chi connectivity index (χ1v) is 6.47. The molecule has 1 aromatic carbocycles. The van der Waals surface area contributed by atoms with Gasteiger partial charge in [-0.25, -0.2) is 4.79 Å². The van der Waals surface area contributed by atoms with Crippen LogP contribution in [0.15, 0.2) is 12.1 Å². The van der Waals surface area contributed by atoms with E-state index >= 15 is 0 Å². The highest BCUT2D eigenvalue weighted by Crippen LogP contribution is 2.23. The van der Waals surface area contributed by atoms with Crippen molar-refractivity contribution in [2.24, 2.45) is 0 Å². The fourth-order valence-electron chi connectivity index (χ4n) is 1.46. The molecule has 0 aromatic heterocycles. The van der Waals surface area contributed by atoms with Gasteiger partial charge in [-0.3, -0.25) is 9.59 Å². The molecule has 3 N–H and O–H groups in total. The summed E-state index contributed by atoms with van der Waals surface area (Å²) in [5.74, 6) is -1.58. The SMILES string of the molecule is CC(=O)NCc1cc(NC(C)=O)cc(C(=O)O)c1I. The Kier molecular flexibility index (Phi) is 5.28. The summed E-state index contributed by atoms with van der Waals surface area (Å²) in [5, 5.41) is 14.3. The number of carbonyl (C=O) groups is 3. The van der Waals surface area contributed by atoms with Crippen LogP contribution in [0.1, 0.15) is 29.8 Å². The summed E-state index contributed by atoms with van der Waals surface area (Å²) in [6.45, 7) is 2.93. The summed E-state index contributed by atoms with van der Waals surface area (Å²) in [7, 11) is 0. The summed E-state index contributed by atoms with van der Waals surface area (Å²) in [4.78, 5) is 33.1. The van der Waals surface area contributed by atoms with Gasteiger partial charge < -0.3 is 15.7 Å². The number of hydrogen-bond acceptors (Lipinski definition) is 3. The number of carboxylic acid groups (broad SMARTS) is 1. The van der Waals surface area contributed by atoms with Crippen molar-refractivity contribution in [3.8, 4) is 0 Å². The summed E-state index contributed by atoms with van der Waals surface area (Å²) < 4.78 is 0.535. The molecule has 19 heavy (non-hydrogen) atoms. The van der Waals surface area contributed by atoms with Crippen LogP contribution >= 0.6 is 22.6 Å². The van der Waals surface area contributed by atoms with Crippen molar-refractivity contribution in [1.82, 2.24) is 5.32 Å². The number of nitrogens with one attached hydrogen (secondary N) is 2. The molecule has 0 atom stereocenters. The largest absolute Gasteiger partial charge is 0.478 e. The van der Waals surface area contributed by atoms with Crippen molar-refractivity contribution in [3.63, 3.8) is 0 Å². The second-order valence-electron chi connectivity index (χ2n) is 3.89. The Morgan fingerprint density at radius 1 is 1.21 bits per heavy atom. The molecule has 0 aliphatic rings. The van der Waals surface area contributed by atoms with Crippen molar-refractivity contribution < 1.29 is 19.5 Å². The Bertz CT molecular complexity index is 543. The quantitative estimate of drug-likeness (QED) is 0.696. The molecule has 0 radical (unpaired) electrons. The second kappa shape index (κ2) is 6.50. The number of hydrogen-bond donors (Lipinski definition) is 3. The van der Waals surface area contributed by atoms with E-state index < -0.39 is 5.97 Å². The fourth-order valence-corrected chi connectivity index (χ4v) is 2.20. The van der Waals surface area contributed by atoms with E-state index in [1.54, 1.807) is 6.07 Å². The minimum absolute atomic E-state index is 0.0900. The van der Waals surface area contributed by atoms with Crippen LogP contribution in [-0.4, -0.2) is 22.9 Å². The van der Waals surface area contributed by atoms with Gasteiger partial charge in [0.2, 0.25) is 11.8 Å². The number of amides is 2. The van der Waals surface area contributed by atoms with Crippen LogP contribution in [-0.2, 0) is 16.1 Å². The summed E-state index contributed by atoms with van der Waals surface area (Å²) in [6.07, 6.45) is 0. The molecule has 0 spiro atoms. The molecule has 2 amide bonds. The maximum atomic E-state index is 11.1. The summed E-state index contributed by atoms with van der Waals surface area (Å²) >= 11 is 1.91. The van der Waals surface area contributed by atoms with E-state index in [0.717, 1.165) is 0 Å². The van der Waals surface area contributed by atoms with Gasteiger partial charge in [-0.15, -0.1) is 0 Å². The van der Waals surface area contributed by atoms with Crippen LogP contribution in [0.25, 0.3) is 0 Å². The van der Waals surface area contributed by atoms with E-state index in [2.05, 4.69) is 10.6 Å². The van der Waals surface area contributed by atoms with E-state index in [9.17, 15) is 14.4 Å². The zero-order chi connectivity index (χ0) is 14.6. The lowest BCUT2D eigenvalue weighted by Crippen LogP contribution is -2.20. The molecule has 6 nitrogen and oxygen atoms in total. The average molecular weight is 376 g/mol. The second-order valence-corrected chi connectivity index (χ2v) is 4.97. The zero-order valence-corrected chi connectivity index (χ0v) is 12.6. The van der Waals surface area contributed by atoms with Gasteiger partial charge in [-0.2, -0.15) is 0 Å². The number of carboxylic acids is 1. The highest BCUT2D eigenvalue weighted by atomic mass is 127. The molecule has 102 valence electrons. The van der Waals surface area contributed by atoms with Gasteiger partial charge in [0.1, 0.15) is 0 Å². The van der Waals surface area contributed by atoms with E-state index in [-0.39, 0.29) is 23.9 Å². The van der Waals surface area contributed by atoms with Gasteiger partial charge in [0.25, 0.3) is 0 Å². The van der Waals surface area contributed by atoms with E-state index in [4.69, 9.17) is 5.11 Å². The maximum Gasteiger partial charge on any atom is 0.336 e. The van der Waals surface area contributed by atoms with Crippen molar-refractivity contribution in [3.05, 3.63) is 26.8 Å². The predicted octanol–water partition coefficient (Wildman–Crippen LogP) is 1.58. The van der Waals surface area contributed by atoms with Crippen molar-refractivity contribution >= 4 is 46.1 Å². The van der Waals surface area contributed by atoms with Crippen LogP contribution in [0.4, 0.5) is 5.69 Å². The van der Waals surface area contributed by atoms with Gasteiger partial charge in [0.05, 0.1) is 5.56 Å². The third kappa shape index (κ3) is 4.51.